The molecule has 8 nitrogen and oxygen atoms in total. The van der Waals surface area contributed by atoms with Crippen molar-refractivity contribution < 1.29 is 19.6 Å². The number of benzene rings is 2. The molecule has 0 unspecified atom stereocenters. The lowest BCUT2D eigenvalue weighted by molar-refractivity contribution is -0.384. The van der Waals surface area contributed by atoms with E-state index >= 15 is 0 Å². The number of anilines is 2. The average molecular weight is 378 g/mol. The van der Waals surface area contributed by atoms with Crippen molar-refractivity contribution in [1.82, 2.24) is 0 Å². The number of carbonyl (C=O) groups is 2. The van der Waals surface area contributed by atoms with Gasteiger partial charge in [-0.3, -0.25) is 19.8 Å². The second-order valence-corrected chi connectivity index (χ2v) is 6.01. The molecule has 0 heterocycles. The molecule has 0 aromatic heterocycles. The van der Waals surface area contributed by atoms with Crippen LogP contribution in [0.2, 0.25) is 5.02 Å². The minimum Gasteiger partial charge on any atom is -0.465 e. The number of nitro benzene ring substituents is 1. The fourth-order valence-corrected chi connectivity index (χ4v) is 2.61. The molecule has 1 N–H and O–H groups in total. The van der Waals surface area contributed by atoms with Crippen LogP contribution in [0.1, 0.15) is 15.9 Å². The second-order valence-electron chi connectivity index (χ2n) is 5.60. The minimum absolute atomic E-state index is 0.00879. The van der Waals surface area contributed by atoms with Crippen molar-refractivity contribution in [3.05, 3.63) is 62.7 Å². The van der Waals surface area contributed by atoms with Crippen molar-refractivity contribution in [2.24, 2.45) is 0 Å². The van der Waals surface area contributed by atoms with Crippen LogP contribution in [0.25, 0.3) is 0 Å². The number of halogens is 1. The average Bonchev–Trinajstić information content (AvgIpc) is 2.59. The largest absolute Gasteiger partial charge is 0.465 e. The Balaban J connectivity index is 2.38. The predicted octanol–water partition coefficient (Wildman–Crippen LogP) is 3.95. The normalized spacial score (nSPS) is 10.3. The number of carboxylic acid groups (broad SMARTS) is 1. The highest BCUT2D eigenvalue weighted by Crippen LogP contribution is 2.28. The van der Waals surface area contributed by atoms with Gasteiger partial charge in [-0.25, -0.2) is 4.79 Å². The molecule has 0 aliphatic rings. The number of non-ortho nitro benzene ring substituents is 1. The fraction of sp³-hybridized carbons (Fsp3) is 0.176. The summed E-state index contributed by atoms with van der Waals surface area (Å²) >= 11 is 6.03. The molecule has 2 amide bonds. The summed E-state index contributed by atoms with van der Waals surface area (Å²) in [6.07, 6.45) is -1.11. The van der Waals surface area contributed by atoms with Crippen LogP contribution in [0.5, 0.6) is 0 Å². The van der Waals surface area contributed by atoms with Crippen LogP contribution in [0.15, 0.2) is 36.4 Å². The van der Waals surface area contributed by atoms with Gasteiger partial charge in [0.15, 0.2) is 0 Å². The SMILES string of the molecule is Cc1cc(N(C)C(=O)O)ccc1N(C)C(=O)c1cc([N+](=O)[O-])ccc1Cl. The molecular weight excluding hydrogens is 362 g/mol. The molecule has 2 aromatic carbocycles. The van der Waals surface area contributed by atoms with E-state index in [1.807, 2.05) is 0 Å². The number of carbonyl (C=O) groups excluding carboxylic acids is 1. The molecule has 136 valence electrons. The third-order valence-electron chi connectivity index (χ3n) is 3.91. The Morgan fingerprint density at radius 2 is 1.77 bits per heavy atom. The summed E-state index contributed by atoms with van der Waals surface area (Å²) < 4.78 is 0. The van der Waals surface area contributed by atoms with Gasteiger partial charge in [-0.2, -0.15) is 0 Å². The Labute approximate surface area is 154 Å². The molecule has 2 rings (SSSR count). The summed E-state index contributed by atoms with van der Waals surface area (Å²) in [5, 5.41) is 20.1. The van der Waals surface area contributed by atoms with E-state index in [0.29, 0.717) is 16.9 Å². The third-order valence-corrected chi connectivity index (χ3v) is 4.24. The number of nitro groups is 1. The Morgan fingerprint density at radius 3 is 2.31 bits per heavy atom. The van der Waals surface area contributed by atoms with E-state index in [0.717, 1.165) is 11.0 Å². The molecule has 0 bridgehead atoms. The van der Waals surface area contributed by atoms with Crippen LogP contribution in [0.4, 0.5) is 21.9 Å². The summed E-state index contributed by atoms with van der Waals surface area (Å²) in [5.74, 6) is -0.513. The van der Waals surface area contributed by atoms with Crippen LogP contribution < -0.4 is 9.80 Å². The topological polar surface area (TPSA) is 104 Å². The Bertz CT molecular complexity index is 900. The van der Waals surface area contributed by atoms with E-state index in [4.69, 9.17) is 16.7 Å². The van der Waals surface area contributed by atoms with Gasteiger partial charge in [-0.1, -0.05) is 11.6 Å². The van der Waals surface area contributed by atoms with Gasteiger partial charge in [-0.15, -0.1) is 0 Å². The highest BCUT2D eigenvalue weighted by atomic mass is 35.5. The van der Waals surface area contributed by atoms with Crippen molar-refractivity contribution in [1.29, 1.82) is 0 Å². The molecule has 0 atom stereocenters. The molecule has 0 spiro atoms. The molecule has 0 radical (unpaired) electrons. The maximum absolute atomic E-state index is 12.7. The highest BCUT2D eigenvalue weighted by molar-refractivity contribution is 6.34. The van der Waals surface area contributed by atoms with Gasteiger partial charge in [0.05, 0.1) is 15.5 Å². The Kier molecular flexibility index (Phi) is 5.47. The van der Waals surface area contributed by atoms with Gasteiger partial charge in [0.1, 0.15) is 0 Å². The number of hydrogen-bond acceptors (Lipinski definition) is 4. The number of aryl methyl sites for hydroxylation is 1. The van der Waals surface area contributed by atoms with E-state index < -0.39 is 16.9 Å². The lowest BCUT2D eigenvalue weighted by Gasteiger charge is -2.22. The number of amides is 2. The minimum atomic E-state index is -1.11. The van der Waals surface area contributed by atoms with E-state index in [9.17, 15) is 19.7 Å². The molecule has 0 saturated carbocycles. The lowest BCUT2D eigenvalue weighted by atomic mass is 10.1. The molecule has 0 saturated heterocycles. The standard InChI is InChI=1S/C17H16ClN3O5/c1-10-8-11(19(2)17(23)24)5-7-15(10)20(3)16(22)13-9-12(21(25)26)4-6-14(13)18/h4-9H,1-3H3,(H,23,24). The summed E-state index contributed by atoms with van der Waals surface area (Å²) in [6.45, 7) is 1.73. The van der Waals surface area contributed by atoms with Crippen molar-refractivity contribution in [2.45, 2.75) is 6.92 Å². The molecule has 0 aliphatic carbocycles. The molecular formula is C17H16ClN3O5. The van der Waals surface area contributed by atoms with Crippen molar-refractivity contribution in [3.8, 4) is 0 Å². The second kappa shape index (κ2) is 7.40. The zero-order chi connectivity index (χ0) is 19.6. The smallest absolute Gasteiger partial charge is 0.411 e. The Morgan fingerprint density at radius 1 is 1.12 bits per heavy atom. The van der Waals surface area contributed by atoms with Crippen LogP contribution >= 0.6 is 11.6 Å². The van der Waals surface area contributed by atoms with Crippen molar-refractivity contribution in [3.63, 3.8) is 0 Å². The fourth-order valence-electron chi connectivity index (χ4n) is 2.42. The van der Waals surface area contributed by atoms with Crippen LogP contribution in [0, 0.1) is 17.0 Å². The molecule has 26 heavy (non-hydrogen) atoms. The van der Waals surface area contributed by atoms with Gasteiger partial charge in [-0.05, 0) is 36.8 Å². The predicted molar refractivity (Wildman–Crippen MR) is 98.4 cm³/mol. The maximum Gasteiger partial charge on any atom is 0.411 e. The van der Waals surface area contributed by atoms with E-state index in [1.165, 1.54) is 31.1 Å². The summed E-state index contributed by atoms with van der Waals surface area (Å²) in [6, 6.07) is 8.45. The summed E-state index contributed by atoms with van der Waals surface area (Å²) in [7, 11) is 2.93. The van der Waals surface area contributed by atoms with Gasteiger partial charge in [0.2, 0.25) is 0 Å². The first-order chi connectivity index (χ1) is 12.1. The maximum atomic E-state index is 12.7. The lowest BCUT2D eigenvalue weighted by Crippen LogP contribution is -2.28. The molecule has 0 aliphatic heterocycles. The number of nitrogens with zero attached hydrogens (tertiary/aromatic N) is 3. The first-order valence-corrected chi connectivity index (χ1v) is 7.80. The number of rotatable bonds is 4. The first-order valence-electron chi connectivity index (χ1n) is 7.42. The van der Waals surface area contributed by atoms with Gasteiger partial charge in [0, 0.05) is 37.6 Å². The zero-order valence-corrected chi connectivity index (χ0v) is 15.0. The highest BCUT2D eigenvalue weighted by Gasteiger charge is 2.21. The van der Waals surface area contributed by atoms with E-state index in [2.05, 4.69) is 0 Å². The summed E-state index contributed by atoms with van der Waals surface area (Å²) in [5.41, 5.74) is 1.41. The molecule has 0 fully saturated rings. The van der Waals surface area contributed by atoms with Crippen LogP contribution in [0.3, 0.4) is 0 Å². The quantitative estimate of drug-likeness (QED) is 0.641. The molecule has 9 heteroatoms. The molecule has 2 aromatic rings. The summed E-state index contributed by atoms with van der Waals surface area (Å²) in [4.78, 5) is 36.5. The third kappa shape index (κ3) is 3.75. The van der Waals surface area contributed by atoms with Gasteiger partial charge >= 0.3 is 6.09 Å². The van der Waals surface area contributed by atoms with Gasteiger partial charge in [0.25, 0.3) is 11.6 Å². The monoisotopic (exact) mass is 377 g/mol. The van der Waals surface area contributed by atoms with Crippen LogP contribution in [-0.2, 0) is 0 Å². The first kappa shape index (κ1) is 19.2. The zero-order valence-electron chi connectivity index (χ0n) is 14.3. The van der Waals surface area contributed by atoms with E-state index in [-0.39, 0.29) is 16.3 Å². The van der Waals surface area contributed by atoms with Gasteiger partial charge < -0.3 is 10.0 Å². The van der Waals surface area contributed by atoms with E-state index in [1.54, 1.807) is 25.1 Å². The van der Waals surface area contributed by atoms with Crippen LogP contribution in [-0.4, -0.2) is 36.1 Å². The Hall–Kier alpha value is -3.13. The van der Waals surface area contributed by atoms with Crippen molar-refractivity contribution in [2.75, 3.05) is 23.9 Å². The van der Waals surface area contributed by atoms with Crippen molar-refractivity contribution >= 4 is 40.7 Å². The number of hydrogen-bond donors (Lipinski definition) is 1.